The van der Waals surface area contributed by atoms with Crippen LogP contribution in [0.2, 0.25) is 0 Å². The fraction of sp³-hybridized carbons (Fsp3) is 0.312. The van der Waals surface area contributed by atoms with Crippen molar-refractivity contribution in [1.82, 2.24) is 21.1 Å². The van der Waals surface area contributed by atoms with Crippen molar-refractivity contribution in [2.75, 3.05) is 26.2 Å². The topological polar surface area (TPSA) is 96.3 Å². The summed E-state index contributed by atoms with van der Waals surface area (Å²) in [5, 5.41) is 12.2. The molecular weight excluding hydrogens is 332 g/mol. The molecule has 0 atom stereocenters. The predicted octanol–water partition coefficient (Wildman–Crippen LogP) is 0.829. The number of aromatic nitrogens is 1. The Labute approximate surface area is 145 Å². The Morgan fingerprint density at radius 2 is 1.96 bits per heavy atom. The molecule has 1 aromatic heterocycles. The van der Waals surface area contributed by atoms with E-state index >= 15 is 0 Å². The zero-order valence-corrected chi connectivity index (χ0v) is 13.8. The van der Waals surface area contributed by atoms with Gasteiger partial charge in [-0.2, -0.15) is 0 Å². The second-order valence-electron chi connectivity index (χ2n) is 5.45. The lowest BCUT2D eigenvalue weighted by Gasteiger charge is -2.27. The number of nitrogens with zero attached hydrogens (tertiary/aromatic N) is 1. The number of amides is 2. The molecule has 0 unspecified atom stereocenters. The molecular formula is C16H19ClN4O3. The smallest absolute Gasteiger partial charge is 0.273 e. The van der Waals surface area contributed by atoms with Crippen LogP contribution in [0.1, 0.15) is 10.5 Å². The third kappa shape index (κ3) is 4.56. The van der Waals surface area contributed by atoms with Gasteiger partial charge < -0.3 is 20.5 Å². The first-order valence-electron chi connectivity index (χ1n) is 7.50. The highest BCUT2D eigenvalue weighted by atomic mass is 35.5. The highest BCUT2D eigenvalue weighted by Crippen LogP contribution is 2.19. The molecule has 8 heteroatoms. The molecule has 1 aliphatic rings. The van der Waals surface area contributed by atoms with Gasteiger partial charge in [0.25, 0.3) is 5.91 Å². The minimum atomic E-state index is -0.434. The van der Waals surface area contributed by atoms with Gasteiger partial charge in [-0.25, -0.2) is 0 Å². The molecule has 128 valence electrons. The number of carbonyl (C=O) groups excluding carboxylic acids is 2. The molecule has 1 aliphatic heterocycles. The maximum absolute atomic E-state index is 12.0. The molecule has 0 aliphatic carbocycles. The Hall–Kier alpha value is -2.38. The van der Waals surface area contributed by atoms with E-state index in [-0.39, 0.29) is 30.6 Å². The number of benzene rings is 1. The van der Waals surface area contributed by atoms with Gasteiger partial charge in [-0.1, -0.05) is 35.5 Å². The van der Waals surface area contributed by atoms with Crippen molar-refractivity contribution in [1.29, 1.82) is 0 Å². The van der Waals surface area contributed by atoms with E-state index in [4.69, 9.17) is 4.52 Å². The summed E-state index contributed by atoms with van der Waals surface area (Å²) >= 11 is 0. The summed E-state index contributed by atoms with van der Waals surface area (Å²) in [5.74, 6) is 0.352. The summed E-state index contributed by atoms with van der Waals surface area (Å²) in [4.78, 5) is 23.6. The molecule has 1 aromatic carbocycles. The Morgan fingerprint density at radius 1 is 1.21 bits per heavy atom. The summed E-state index contributed by atoms with van der Waals surface area (Å²) in [7, 11) is 0. The number of hydrogen-bond acceptors (Lipinski definition) is 5. The average molecular weight is 351 g/mol. The number of carbonyl (C=O) groups is 2. The van der Waals surface area contributed by atoms with Crippen LogP contribution in [0.5, 0.6) is 0 Å². The van der Waals surface area contributed by atoms with Crippen molar-refractivity contribution in [2.24, 2.45) is 5.92 Å². The Balaban J connectivity index is 0.00000208. The van der Waals surface area contributed by atoms with Crippen LogP contribution in [0.4, 0.5) is 0 Å². The first kappa shape index (κ1) is 18.0. The van der Waals surface area contributed by atoms with Crippen molar-refractivity contribution in [3.05, 3.63) is 42.1 Å². The van der Waals surface area contributed by atoms with E-state index in [0.717, 1.165) is 18.7 Å². The lowest BCUT2D eigenvalue weighted by Crippen LogP contribution is -2.49. The highest BCUT2D eigenvalue weighted by Gasteiger charge is 2.18. The van der Waals surface area contributed by atoms with Gasteiger partial charge in [0.1, 0.15) is 0 Å². The van der Waals surface area contributed by atoms with Gasteiger partial charge in [0.05, 0.1) is 6.54 Å². The van der Waals surface area contributed by atoms with E-state index in [0.29, 0.717) is 18.2 Å². The van der Waals surface area contributed by atoms with Gasteiger partial charge >= 0.3 is 0 Å². The van der Waals surface area contributed by atoms with E-state index in [1.165, 1.54) is 0 Å². The van der Waals surface area contributed by atoms with Crippen LogP contribution in [0.25, 0.3) is 11.3 Å². The van der Waals surface area contributed by atoms with Crippen LogP contribution in [0, 0.1) is 5.92 Å². The van der Waals surface area contributed by atoms with Gasteiger partial charge in [0.2, 0.25) is 5.91 Å². The molecule has 3 N–H and O–H groups in total. The van der Waals surface area contributed by atoms with Crippen molar-refractivity contribution in [3.8, 4) is 11.3 Å². The molecule has 2 heterocycles. The fourth-order valence-electron chi connectivity index (χ4n) is 2.19. The van der Waals surface area contributed by atoms with E-state index in [1.54, 1.807) is 6.07 Å². The standard InChI is InChI=1S/C16H18N4O3.ClH/c21-15(18-9-11-7-17-8-11)10-19-16(22)13-6-14(23-20-13)12-4-2-1-3-5-12;/h1-6,11,17H,7-10H2,(H,18,21)(H,19,22);1H. The molecule has 7 nitrogen and oxygen atoms in total. The van der Waals surface area contributed by atoms with E-state index in [2.05, 4.69) is 21.1 Å². The van der Waals surface area contributed by atoms with Crippen LogP contribution < -0.4 is 16.0 Å². The maximum Gasteiger partial charge on any atom is 0.273 e. The Morgan fingerprint density at radius 3 is 2.62 bits per heavy atom. The molecule has 24 heavy (non-hydrogen) atoms. The molecule has 2 aromatic rings. The van der Waals surface area contributed by atoms with Crippen molar-refractivity contribution in [2.45, 2.75) is 0 Å². The van der Waals surface area contributed by atoms with Crippen LogP contribution in [-0.2, 0) is 4.79 Å². The number of rotatable bonds is 6. The average Bonchev–Trinajstić information content (AvgIpc) is 3.02. The van der Waals surface area contributed by atoms with Crippen molar-refractivity contribution < 1.29 is 14.1 Å². The highest BCUT2D eigenvalue weighted by molar-refractivity contribution is 5.95. The number of halogens is 1. The van der Waals surface area contributed by atoms with Crippen LogP contribution in [0.15, 0.2) is 40.9 Å². The number of nitrogens with one attached hydrogen (secondary N) is 3. The van der Waals surface area contributed by atoms with E-state index in [1.807, 2.05) is 30.3 Å². The first-order chi connectivity index (χ1) is 11.2. The van der Waals surface area contributed by atoms with Crippen LogP contribution >= 0.6 is 12.4 Å². The normalized spacial score (nSPS) is 13.5. The van der Waals surface area contributed by atoms with Gasteiger partial charge in [-0.3, -0.25) is 9.59 Å². The molecule has 0 radical (unpaired) electrons. The van der Waals surface area contributed by atoms with Crippen LogP contribution in [-0.4, -0.2) is 43.2 Å². The van der Waals surface area contributed by atoms with Gasteiger partial charge in [-0.05, 0) is 0 Å². The zero-order chi connectivity index (χ0) is 16.1. The quantitative estimate of drug-likeness (QED) is 0.717. The fourth-order valence-corrected chi connectivity index (χ4v) is 2.19. The van der Waals surface area contributed by atoms with Crippen molar-refractivity contribution >= 4 is 24.2 Å². The maximum atomic E-state index is 12.0. The van der Waals surface area contributed by atoms with Gasteiger partial charge in [-0.15, -0.1) is 12.4 Å². The molecule has 2 amide bonds. The molecule has 1 fully saturated rings. The van der Waals surface area contributed by atoms with Gasteiger partial charge in [0, 0.05) is 37.2 Å². The second-order valence-corrected chi connectivity index (χ2v) is 5.45. The summed E-state index contributed by atoms with van der Waals surface area (Å²) < 4.78 is 5.16. The lowest BCUT2D eigenvalue weighted by molar-refractivity contribution is -0.120. The minimum absolute atomic E-state index is 0. The monoisotopic (exact) mass is 350 g/mol. The largest absolute Gasteiger partial charge is 0.355 e. The lowest BCUT2D eigenvalue weighted by atomic mass is 10.0. The molecule has 1 saturated heterocycles. The summed E-state index contributed by atoms with van der Waals surface area (Å²) in [6, 6.07) is 10.9. The van der Waals surface area contributed by atoms with E-state index < -0.39 is 5.91 Å². The SMILES string of the molecule is Cl.O=C(CNC(=O)c1cc(-c2ccccc2)on1)NCC1CNC1. The van der Waals surface area contributed by atoms with Crippen molar-refractivity contribution in [3.63, 3.8) is 0 Å². The summed E-state index contributed by atoms with van der Waals surface area (Å²) in [6.07, 6.45) is 0. The van der Waals surface area contributed by atoms with Gasteiger partial charge in [0.15, 0.2) is 11.5 Å². The second kappa shape index (κ2) is 8.47. The Kier molecular flexibility index (Phi) is 6.34. The summed E-state index contributed by atoms with van der Waals surface area (Å²) in [5.41, 5.74) is 0.991. The molecule has 0 bridgehead atoms. The molecule has 0 saturated carbocycles. The summed E-state index contributed by atoms with van der Waals surface area (Å²) in [6.45, 7) is 2.40. The minimum Gasteiger partial charge on any atom is -0.355 e. The van der Waals surface area contributed by atoms with E-state index in [9.17, 15) is 9.59 Å². The van der Waals surface area contributed by atoms with Crippen LogP contribution in [0.3, 0.4) is 0 Å². The number of hydrogen-bond donors (Lipinski definition) is 3. The predicted molar refractivity (Wildman–Crippen MR) is 90.9 cm³/mol. The third-order valence-electron chi connectivity index (χ3n) is 3.66. The molecule has 3 rings (SSSR count). The molecule has 0 spiro atoms. The third-order valence-corrected chi connectivity index (χ3v) is 3.66. The Bertz CT molecular complexity index is 686. The zero-order valence-electron chi connectivity index (χ0n) is 13.0. The first-order valence-corrected chi connectivity index (χ1v) is 7.50.